The molecule has 0 radical (unpaired) electrons. The van der Waals surface area contributed by atoms with Crippen molar-refractivity contribution < 1.29 is 0 Å². The molecule has 0 amide bonds. The van der Waals surface area contributed by atoms with E-state index in [1.807, 2.05) is 18.2 Å². The van der Waals surface area contributed by atoms with Gasteiger partial charge in [0.2, 0.25) is 0 Å². The van der Waals surface area contributed by atoms with Gasteiger partial charge in [-0.15, -0.1) is 0 Å². The minimum absolute atomic E-state index is 0.0622. The first kappa shape index (κ1) is 32.7. The Morgan fingerprint density at radius 2 is 0.836 bits per heavy atom. The molecule has 8 aromatic carbocycles. The molecule has 55 heavy (non-hydrogen) atoms. The van der Waals surface area contributed by atoms with Gasteiger partial charge in [-0.25, -0.2) is 9.97 Å². The van der Waals surface area contributed by atoms with Crippen LogP contribution in [0.15, 0.2) is 194 Å². The van der Waals surface area contributed by atoms with E-state index in [9.17, 15) is 0 Å². The summed E-state index contributed by atoms with van der Waals surface area (Å²) in [6.07, 6.45) is 0. The van der Waals surface area contributed by atoms with E-state index < -0.39 is 0 Å². The molecule has 0 unspecified atom stereocenters. The zero-order chi connectivity index (χ0) is 36.9. The van der Waals surface area contributed by atoms with Crippen molar-refractivity contribution in [2.24, 2.45) is 0 Å². The molecule has 0 atom stereocenters. The summed E-state index contributed by atoms with van der Waals surface area (Å²) >= 11 is 0. The second-order valence-electron chi connectivity index (χ2n) is 15.0. The molecule has 1 aliphatic rings. The van der Waals surface area contributed by atoms with E-state index in [4.69, 9.17) is 9.97 Å². The zero-order valence-electron chi connectivity index (χ0n) is 30.9. The smallest absolute Gasteiger partial charge is 0.160 e. The van der Waals surface area contributed by atoms with Crippen molar-refractivity contribution in [1.29, 1.82) is 0 Å². The van der Waals surface area contributed by atoms with Gasteiger partial charge >= 0.3 is 0 Å². The highest BCUT2D eigenvalue weighted by Crippen LogP contribution is 2.53. The van der Waals surface area contributed by atoms with Crippen LogP contribution in [-0.2, 0) is 5.41 Å². The first-order chi connectivity index (χ1) is 27.0. The largest absolute Gasteiger partial charge is 0.228 e. The number of benzene rings is 8. The van der Waals surface area contributed by atoms with Gasteiger partial charge in [-0.2, -0.15) is 0 Å². The number of hydrogen-bond acceptors (Lipinski definition) is 2. The van der Waals surface area contributed by atoms with Crippen molar-refractivity contribution in [3.8, 4) is 78.4 Å². The number of rotatable bonds is 6. The Morgan fingerprint density at radius 1 is 0.327 bits per heavy atom. The molecule has 2 heteroatoms. The average Bonchev–Trinajstić information content (AvgIpc) is 3.50. The molecule has 1 aromatic heterocycles. The van der Waals surface area contributed by atoms with Gasteiger partial charge in [0.1, 0.15) is 0 Å². The normalized spacial score (nSPS) is 12.7. The SMILES string of the molecule is CC1(C)c2ccccc2-c2c(-c3ccc(-c4cc(-c5ccc(-c6cccc(-c7ccccc7)c6)cc5)nc(-c5ccccc5)n4)c4ccccc34)cccc21. The second kappa shape index (κ2) is 13.2. The number of aromatic nitrogens is 2. The maximum atomic E-state index is 5.25. The molecule has 0 fully saturated rings. The summed E-state index contributed by atoms with van der Waals surface area (Å²) in [6, 6.07) is 69.5. The van der Waals surface area contributed by atoms with Gasteiger partial charge in [-0.1, -0.05) is 196 Å². The minimum atomic E-state index is -0.0622. The Balaban J connectivity index is 1.09. The Kier molecular flexibility index (Phi) is 7.85. The third kappa shape index (κ3) is 5.66. The Hall–Kier alpha value is -6.90. The van der Waals surface area contributed by atoms with E-state index in [1.54, 1.807) is 0 Å². The fourth-order valence-electron chi connectivity index (χ4n) is 8.53. The number of hydrogen-bond donors (Lipinski definition) is 0. The average molecular weight is 703 g/mol. The maximum absolute atomic E-state index is 5.25. The topological polar surface area (TPSA) is 25.8 Å². The van der Waals surface area contributed by atoms with Gasteiger partial charge in [0.15, 0.2) is 5.82 Å². The summed E-state index contributed by atoms with van der Waals surface area (Å²) < 4.78 is 0. The quantitative estimate of drug-likeness (QED) is 0.172. The van der Waals surface area contributed by atoms with Crippen LogP contribution in [0.1, 0.15) is 25.0 Å². The van der Waals surface area contributed by atoms with Crippen LogP contribution in [0.25, 0.3) is 89.2 Å². The molecular weight excluding hydrogens is 665 g/mol. The Labute approximate surface area is 322 Å². The van der Waals surface area contributed by atoms with Crippen LogP contribution in [0, 0.1) is 0 Å². The summed E-state index contributed by atoms with van der Waals surface area (Å²) in [4.78, 5) is 10.4. The predicted molar refractivity (Wildman–Crippen MR) is 230 cm³/mol. The molecule has 0 saturated heterocycles. The lowest BCUT2D eigenvalue weighted by Crippen LogP contribution is -2.14. The molecule has 260 valence electrons. The second-order valence-corrected chi connectivity index (χ2v) is 15.0. The Morgan fingerprint density at radius 3 is 1.58 bits per heavy atom. The van der Waals surface area contributed by atoms with Crippen molar-refractivity contribution in [1.82, 2.24) is 9.97 Å². The number of fused-ring (bicyclic) bond motifs is 4. The van der Waals surface area contributed by atoms with Crippen LogP contribution in [-0.4, -0.2) is 9.97 Å². The summed E-state index contributed by atoms with van der Waals surface area (Å²) in [7, 11) is 0. The highest BCUT2D eigenvalue weighted by atomic mass is 14.9. The van der Waals surface area contributed by atoms with E-state index in [-0.39, 0.29) is 5.41 Å². The standard InChI is InChI=1S/C53H38N2/c1-53(2)47-25-12-11-23-46(47)51-45(24-14-26-48(51)53)43-31-32-44(42-22-10-9-21-41(42)43)50-34-49(54-52(55-50)38-17-7-4-8-18-38)37-29-27-36(28-30-37)40-20-13-19-39(33-40)35-15-5-3-6-16-35/h3-34H,1-2H3. The van der Waals surface area contributed by atoms with Crippen molar-refractivity contribution in [3.63, 3.8) is 0 Å². The van der Waals surface area contributed by atoms with Gasteiger partial charge in [-0.05, 0) is 78.5 Å². The molecule has 0 bridgehead atoms. The molecule has 0 aliphatic heterocycles. The summed E-state index contributed by atoms with van der Waals surface area (Å²) in [6.45, 7) is 4.69. The van der Waals surface area contributed by atoms with Gasteiger partial charge in [0.05, 0.1) is 11.4 Å². The summed E-state index contributed by atoms with van der Waals surface area (Å²) in [5.74, 6) is 0.709. The lowest BCUT2D eigenvalue weighted by Gasteiger charge is -2.22. The van der Waals surface area contributed by atoms with Crippen molar-refractivity contribution >= 4 is 10.8 Å². The lowest BCUT2D eigenvalue weighted by atomic mass is 9.81. The maximum Gasteiger partial charge on any atom is 0.160 e. The van der Waals surface area contributed by atoms with E-state index in [2.05, 4.69) is 190 Å². The van der Waals surface area contributed by atoms with Crippen molar-refractivity contribution in [2.45, 2.75) is 19.3 Å². The predicted octanol–water partition coefficient (Wildman–Crippen LogP) is 13.9. The van der Waals surface area contributed by atoms with Crippen LogP contribution in [0.2, 0.25) is 0 Å². The zero-order valence-corrected chi connectivity index (χ0v) is 30.9. The van der Waals surface area contributed by atoms with Crippen molar-refractivity contribution in [3.05, 3.63) is 205 Å². The van der Waals surface area contributed by atoms with E-state index in [0.717, 1.165) is 28.1 Å². The highest BCUT2D eigenvalue weighted by molar-refractivity contribution is 6.08. The van der Waals surface area contributed by atoms with Crippen LogP contribution in [0.4, 0.5) is 0 Å². The highest BCUT2D eigenvalue weighted by Gasteiger charge is 2.36. The first-order valence-electron chi connectivity index (χ1n) is 19.0. The molecule has 2 nitrogen and oxygen atoms in total. The van der Waals surface area contributed by atoms with E-state index >= 15 is 0 Å². The van der Waals surface area contributed by atoms with Crippen LogP contribution in [0.3, 0.4) is 0 Å². The van der Waals surface area contributed by atoms with Crippen molar-refractivity contribution in [2.75, 3.05) is 0 Å². The summed E-state index contributed by atoms with van der Waals surface area (Å²) in [5.41, 5.74) is 17.5. The first-order valence-corrected chi connectivity index (χ1v) is 19.0. The molecular formula is C53H38N2. The molecule has 9 aromatic rings. The fourth-order valence-corrected chi connectivity index (χ4v) is 8.53. The third-order valence-electron chi connectivity index (χ3n) is 11.3. The Bertz CT molecular complexity index is 2870. The fraction of sp³-hybridized carbons (Fsp3) is 0.0566. The van der Waals surface area contributed by atoms with Gasteiger partial charge in [0.25, 0.3) is 0 Å². The molecule has 0 N–H and O–H groups in total. The number of nitrogens with zero attached hydrogens (tertiary/aromatic N) is 2. The lowest BCUT2D eigenvalue weighted by molar-refractivity contribution is 0.660. The van der Waals surface area contributed by atoms with Gasteiger partial charge in [0, 0.05) is 22.1 Å². The summed E-state index contributed by atoms with van der Waals surface area (Å²) in [5, 5.41) is 2.37. The molecule has 1 aliphatic carbocycles. The van der Waals surface area contributed by atoms with Crippen LogP contribution >= 0.6 is 0 Å². The van der Waals surface area contributed by atoms with Crippen LogP contribution < -0.4 is 0 Å². The van der Waals surface area contributed by atoms with Gasteiger partial charge < -0.3 is 0 Å². The van der Waals surface area contributed by atoms with Crippen LogP contribution in [0.5, 0.6) is 0 Å². The molecule has 10 rings (SSSR count). The molecule has 0 saturated carbocycles. The molecule has 1 heterocycles. The van der Waals surface area contributed by atoms with E-state index in [0.29, 0.717) is 5.82 Å². The van der Waals surface area contributed by atoms with Gasteiger partial charge in [-0.3, -0.25) is 0 Å². The molecule has 0 spiro atoms. The third-order valence-corrected chi connectivity index (χ3v) is 11.3. The monoisotopic (exact) mass is 702 g/mol. The van der Waals surface area contributed by atoms with E-state index in [1.165, 1.54) is 66.4 Å². The minimum Gasteiger partial charge on any atom is -0.228 e.